The predicted molar refractivity (Wildman–Crippen MR) is 132 cm³/mol. The van der Waals surface area contributed by atoms with Crippen LogP contribution in [0.1, 0.15) is 24.8 Å². The SMILES string of the molecule is N#Cc1ccccc1N1CCN(CCCCC(=O)Nc2ccc(-c3ccccn3)cc2)CC1. The molecule has 2 aromatic carbocycles. The van der Waals surface area contributed by atoms with Gasteiger partial charge in [-0.25, -0.2) is 0 Å². The van der Waals surface area contributed by atoms with Crippen molar-refractivity contribution in [3.8, 4) is 17.3 Å². The van der Waals surface area contributed by atoms with E-state index in [0.717, 1.165) is 73.8 Å². The van der Waals surface area contributed by atoms with Crippen molar-refractivity contribution in [2.24, 2.45) is 0 Å². The van der Waals surface area contributed by atoms with Crippen LogP contribution in [0.4, 0.5) is 11.4 Å². The van der Waals surface area contributed by atoms with Gasteiger partial charge in [0.15, 0.2) is 0 Å². The topological polar surface area (TPSA) is 72.3 Å². The molecule has 6 heteroatoms. The van der Waals surface area contributed by atoms with E-state index in [1.165, 1.54) is 0 Å². The van der Waals surface area contributed by atoms with Gasteiger partial charge in [-0.1, -0.05) is 30.3 Å². The van der Waals surface area contributed by atoms with Gasteiger partial charge in [0.05, 0.1) is 16.9 Å². The fourth-order valence-corrected chi connectivity index (χ4v) is 4.16. The summed E-state index contributed by atoms with van der Waals surface area (Å²) in [4.78, 5) is 21.4. The highest BCUT2D eigenvalue weighted by Gasteiger charge is 2.18. The smallest absolute Gasteiger partial charge is 0.224 e. The minimum Gasteiger partial charge on any atom is -0.368 e. The van der Waals surface area contributed by atoms with E-state index in [1.807, 2.05) is 66.7 Å². The fraction of sp³-hybridized carbons (Fsp3) is 0.296. The van der Waals surface area contributed by atoms with Crippen molar-refractivity contribution >= 4 is 17.3 Å². The summed E-state index contributed by atoms with van der Waals surface area (Å²) in [5, 5.41) is 12.3. The number of para-hydroxylation sites is 1. The van der Waals surface area contributed by atoms with Crippen LogP contribution in [0, 0.1) is 11.3 Å². The number of carbonyl (C=O) groups excluding carboxylic acids is 1. The Kier molecular flexibility index (Phi) is 7.68. The van der Waals surface area contributed by atoms with Crippen molar-refractivity contribution in [3.63, 3.8) is 0 Å². The Balaban J connectivity index is 1.14. The second kappa shape index (κ2) is 11.3. The molecule has 1 saturated heterocycles. The Morgan fingerprint density at radius 1 is 0.939 bits per heavy atom. The highest BCUT2D eigenvalue weighted by Crippen LogP contribution is 2.21. The highest BCUT2D eigenvalue weighted by molar-refractivity contribution is 5.90. The van der Waals surface area contributed by atoms with Gasteiger partial charge >= 0.3 is 0 Å². The number of piperazine rings is 1. The molecule has 1 amide bonds. The number of amides is 1. The van der Waals surface area contributed by atoms with Crippen molar-refractivity contribution in [1.29, 1.82) is 5.26 Å². The average Bonchev–Trinajstić information content (AvgIpc) is 2.88. The standard InChI is InChI=1S/C27H29N5O/c28-21-23-7-1-2-9-26(23)32-19-17-31(18-20-32)16-6-4-10-27(33)30-24-13-11-22(12-14-24)25-8-3-5-15-29-25/h1-3,5,7-9,11-15H,4,6,10,16-20H2,(H,30,33). The van der Waals surface area contributed by atoms with E-state index in [2.05, 4.69) is 26.2 Å². The lowest BCUT2D eigenvalue weighted by molar-refractivity contribution is -0.116. The number of hydrogen-bond donors (Lipinski definition) is 1. The van der Waals surface area contributed by atoms with E-state index < -0.39 is 0 Å². The normalized spacial score (nSPS) is 14.0. The maximum Gasteiger partial charge on any atom is 0.224 e. The Hall–Kier alpha value is -3.69. The number of benzene rings is 2. The first-order valence-corrected chi connectivity index (χ1v) is 11.5. The quantitative estimate of drug-likeness (QED) is 0.521. The number of carbonyl (C=O) groups is 1. The summed E-state index contributed by atoms with van der Waals surface area (Å²) < 4.78 is 0. The lowest BCUT2D eigenvalue weighted by atomic mass is 10.1. The summed E-state index contributed by atoms with van der Waals surface area (Å²) in [6, 6.07) is 23.7. The number of nitrogens with zero attached hydrogens (tertiary/aromatic N) is 4. The van der Waals surface area contributed by atoms with Crippen LogP contribution in [0.15, 0.2) is 72.9 Å². The molecule has 6 nitrogen and oxygen atoms in total. The molecule has 1 fully saturated rings. The van der Waals surface area contributed by atoms with Crippen LogP contribution in [-0.2, 0) is 4.79 Å². The molecule has 33 heavy (non-hydrogen) atoms. The van der Waals surface area contributed by atoms with E-state index in [-0.39, 0.29) is 5.91 Å². The molecule has 168 valence electrons. The third kappa shape index (κ3) is 6.18. The minimum atomic E-state index is 0.0542. The van der Waals surface area contributed by atoms with Crippen LogP contribution in [0.3, 0.4) is 0 Å². The lowest BCUT2D eigenvalue weighted by Crippen LogP contribution is -2.46. The predicted octanol–water partition coefficient (Wildman–Crippen LogP) is 4.55. The van der Waals surface area contributed by atoms with Crippen molar-refractivity contribution in [1.82, 2.24) is 9.88 Å². The molecule has 0 bridgehead atoms. The number of nitriles is 1. The van der Waals surface area contributed by atoms with Crippen LogP contribution in [0.5, 0.6) is 0 Å². The Labute approximate surface area is 195 Å². The second-order valence-electron chi connectivity index (χ2n) is 8.26. The lowest BCUT2D eigenvalue weighted by Gasteiger charge is -2.36. The van der Waals surface area contributed by atoms with Gasteiger partial charge in [-0.2, -0.15) is 5.26 Å². The van der Waals surface area contributed by atoms with Gasteiger partial charge in [-0.15, -0.1) is 0 Å². The molecule has 1 N–H and O–H groups in total. The third-order valence-electron chi connectivity index (χ3n) is 5.99. The number of aromatic nitrogens is 1. The van der Waals surface area contributed by atoms with Gasteiger partial charge in [0.1, 0.15) is 6.07 Å². The van der Waals surface area contributed by atoms with Gasteiger partial charge < -0.3 is 10.2 Å². The number of unbranched alkanes of at least 4 members (excludes halogenated alkanes) is 1. The largest absolute Gasteiger partial charge is 0.368 e. The molecular formula is C27H29N5O. The van der Waals surface area contributed by atoms with Crippen LogP contribution < -0.4 is 10.2 Å². The third-order valence-corrected chi connectivity index (χ3v) is 5.99. The number of anilines is 2. The van der Waals surface area contributed by atoms with E-state index in [4.69, 9.17) is 0 Å². The zero-order valence-electron chi connectivity index (χ0n) is 18.8. The minimum absolute atomic E-state index is 0.0542. The summed E-state index contributed by atoms with van der Waals surface area (Å²) in [6.07, 6.45) is 4.17. The fourth-order valence-electron chi connectivity index (χ4n) is 4.16. The average molecular weight is 440 g/mol. The van der Waals surface area contributed by atoms with Gasteiger partial charge in [0.2, 0.25) is 5.91 Å². The second-order valence-corrected chi connectivity index (χ2v) is 8.26. The van der Waals surface area contributed by atoms with Crippen molar-refractivity contribution in [3.05, 3.63) is 78.5 Å². The maximum absolute atomic E-state index is 12.3. The van der Waals surface area contributed by atoms with Gasteiger partial charge in [-0.05, 0) is 55.8 Å². The molecule has 3 aromatic rings. The molecule has 0 spiro atoms. The zero-order chi connectivity index (χ0) is 22.9. The van der Waals surface area contributed by atoms with Crippen molar-refractivity contribution in [2.75, 3.05) is 42.9 Å². The molecule has 0 radical (unpaired) electrons. The Bertz CT molecular complexity index is 1080. The molecule has 0 aliphatic carbocycles. The van der Waals surface area contributed by atoms with Crippen LogP contribution in [-0.4, -0.2) is 48.5 Å². The highest BCUT2D eigenvalue weighted by atomic mass is 16.1. The van der Waals surface area contributed by atoms with E-state index in [9.17, 15) is 10.1 Å². The molecule has 1 aliphatic rings. The Morgan fingerprint density at radius 2 is 1.70 bits per heavy atom. The summed E-state index contributed by atoms with van der Waals surface area (Å²) in [5.74, 6) is 0.0542. The van der Waals surface area contributed by atoms with Crippen LogP contribution >= 0.6 is 0 Å². The molecule has 2 heterocycles. The number of pyridine rings is 1. The first kappa shape index (κ1) is 22.5. The molecule has 4 rings (SSSR count). The van der Waals surface area contributed by atoms with Crippen LogP contribution in [0.2, 0.25) is 0 Å². The van der Waals surface area contributed by atoms with E-state index in [1.54, 1.807) is 6.20 Å². The molecule has 0 saturated carbocycles. The summed E-state index contributed by atoms with van der Waals surface area (Å²) in [6.45, 7) is 4.81. The van der Waals surface area contributed by atoms with E-state index in [0.29, 0.717) is 6.42 Å². The molecule has 0 unspecified atom stereocenters. The monoisotopic (exact) mass is 439 g/mol. The molecular weight excluding hydrogens is 410 g/mol. The van der Waals surface area contributed by atoms with Gasteiger partial charge in [-0.3, -0.25) is 14.7 Å². The Morgan fingerprint density at radius 3 is 2.42 bits per heavy atom. The molecule has 0 atom stereocenters. The van der Waals surface area contributed by atoms with Crippen molar-refractivity contribution in [2.45, 2.75) is 19.3 Å². The summed E-state index contributed by atoms with van der Waals surface area (Å²) in [7, 11) is 0. The summed E-state index contributed by atoms with van der Waals surface area (Å²) >= 11 is 0. The zero-order valence-corrected chi connectivity index (χ0v) is 18.8. The number of rotatable bonds is 8. The number of nitrogens with one attached hydrogen (secondary N) is 1. The maximum atomic E-state index is 12.3. The van der Waals surface area contributed by atoms with Crippen LogP contribution in [0.25, 0.3) is 11.3 Å². The summed E-state index contributed by atoms with van der Waals surface area (Å²) in [5.41, 5.74) is 4.54. The first-order valence-electron chi connectivity index (χ1n) is 11.5. The van der Waals surface area contributed by atoms with Gasteiger partial charge in [0, 0.05) is 50.0 Å². The van der Waals surface area contributed by atoms with Gasteiger partial charge in [0.25, 0.3) is 0 Å². The molecule has 1 aromatic heterocycles. The van der Waals surface area contributed by atoms with Crippen molar-refractivity contribution < 1.29 is 4.79 Å². The molecule has 1 aliphatic heterocycles. The number of hydrogen-bond acceptors (Lipinski definition) is 5. The van der Waals surface area contributed by atoms with E-state index >= 15 is 0 Å². The first-order chi connectivity index (χ1) is 16.2.